The third-order valence-corrected chi connectivity index (χ3v) is 8.24. The molecule has 2 bridgehead atoms. The lowest BCUT2D eigenvalue weighted by molar-refractivity contribution is -0.151. The quantitative estimate of drug-likeness (QED) is 0.458. The first kappa shape index (κ1) is 26.6. The van der Waals surface area contributed by atoms with Crippen molar-refractivity contribution in [3.05, 3.63) is 35.9 Å². The van der Waals surface area contributed by atoms with Crippen molar-refractivity contribution in [1.29, 1.82) is 0 Å². The Hall–Kier alpha value is -2.45. The van der Waals surface area contributed by atoms with E-state index in [1.165, 1.54) is 0 Å². The van der Waals surface area contributed by atoms with Gasteiger partial charge in [-0.05, 0) is 51.0 Å². The number of ether oxygens (including phenoxy) is 1. The molecule has 3 amide bonds. The van der Waals surface area contributed by atoms with Gasteiger partial charge in [-0.3, -0.25) is 14.4 Å². The largest absolute Gasteiger partial charge is 0.394 e. The van der Waals surface area contributed by atoms with E-state index in [1.807, 2.05) is 65.0 Å². The monoisotopic (exact) mass is 499 g/mol. The number of aliphatic hydroxyl groups is 1. The van der Waals surface area contributed by atoms with Crippen LogP contribution in [-0.2, 0) is 25.7 Å². The average molecular weight is 500 g/mol. The van der Waals surface area contributed by atoms with E-state index in [-0.39, 0.29) is 36.3 Å². The van der Waals surface area contributed by atoms with Gasteiger partial charge < -0.3 is 25.4 Å². The van der Waals surface area contributed by atoms with Gasteiger partial charge in [-0.25, -0.2) is 0 Å². The molecule has 36 heavy (non-hydrogen) atoms. The zero-order valence-corrected chi connectivity index (χ0v) is 22.1. The summed E-state index contributed by atoms with van der Waals surface area (Å²) in [5.74, 6) is -1.98. The van der Waals surface area contributed by atoms with Crippen LogP contribution in [-0.4, -0.2) is 63.7 Å². The van der Waals surface area contributed by atoms with Crippen LogP contribution in [0, 0.1) is 17.8 Å². The molecule has 1 aromatic carbocycles. The van der Waals surface area contributed by atoms with Gasteiger partial charge in [0.1, 0.15) is 11.6 Å². The Morgan fingerprint density at radius 2 is 1.83 bits per heavy atom. The molecule has 2 unspecified atom stereocenters. The predicted molar refractivity (Wildman–Crippen MR) is 136 cm³/mol. The molecule has 198 valence electrons. The number of amides is 3. The zero-order chi connectivity index (χ0) is 26.3. The Morgan fingerprint density at radius 3 is 2.42 bits per heavy atom. The van der Waals surface area contributed by atoms with E-state index in [2.05, 4.69) is 10.6 Å². The summed E-state index contributed by atoms with van der Waals surface area (Å²) in [6, 6.07) is 8.14. The van der Waals surface area contributed by atoms with E-state index in [4.69, 9.17) is 4.74 Å². The molecule has 4 rings (SSSR count). The zero-order valence-electron chi connectivity index (χ0n) is 22.1. The summed E-state index contributed by atoms with van der Waals surface area (Å²) in [5, 5.41) is 16.3. The van der Waals surface area contributed by atoms with Gasteiger partial charge in [0.2, 0.25) is 17.7 Å². The highest BCUT2D eigenvalue weighted by atomic mass is 16.5. The van der Waals surface area contributed by atoms with Crippen molar-refractivity contribution in [2.24, 2.45) is 17.8 Å². The summed E-state index contributed by atoms with van der Waals surface area (Å²) in [6.07, 6.45) is 2.28. The highest BCUT2D eigenvalue weighted by molar-refractivity contribution is 5.99. The van der Waals surface area contributed by atoms with Gasteiger partial charge in [0.25, 0.3) is 0 Å². The molecule has 8 heteroatoms. The normalized spacial score (nSPS) is 31.7. The maximum absolute atomic E-state index is 14.2. The van der Waals surface area contributed by atoms with Crippen molar-refractivity contribution in [2.45, 2.75) is 96.2 Å². The van der Waals surface area contributed by atoms with Crippen molar-refractivity contribution in [1.82, 2.24) is 15.5 Å². The summed E-state index contributed by atoms with van der Waals surface area (Å²) in [7, 11) is 0. The van der Waals surface area contributed by atoms with Crippen molar-refractivity contribution in [3.63, 3.8) is 0 Å². The smallest absolute Gasteiger partial charge is 0.246 e. The summed E-state index contributed by atoms with van der Waals surface area (Å²) < 4.78 is 6.76. The summed E-state index contributed by atoms with van der Waals surface area (Å²) in [4.78, 5) is 43.1. The third-order valence-electron chi connectivity index (χ3n) is 8.24. The number of rotatable bonds is 10. The number of nitrogens with one attached hydrogen (secondary N) is 2. The van der Waals surface area contributed by atoms with E-state index in [0.717, 1.165) is 5.56 Å². The fourth-order valence-electron chi connectivity index (χ4n) is 6.83. The number of fused-ring (bicyclic) bond motifs is 1. The number of carbonyl (C=O) groups excluding carboxylic acids is 3. The number of aliphatic hydroxyl groups excluding tert-OH is 1. The molecule has 0 saturated carbocycles. The van der Waals surface area contributed by atoms with Gasteiger partial charge in [-0.2, -0.15) is 0 Å². The summed E-state index contributed by atoms with van der Waals surface area (Å²) >= 11 is 0. The molecule has 1 spiro atoms. The van der Waals surface area contributed by atoms with Gasteiger partial charge in [0, 0.05) is 12.6 Å². The highest BCUT2D eigenvalue weighted by Gasteiger charge is 2.79. The van der Waals surface area contributed by atoms with Crippen LogP contribution in [0.1, 0.15) is 65.9 Å². The van der Waals surface area contributed by atoms with Gasteiger partial charge >= 0.3 is 0 Å². The lowest BCUT2D eigenvalue weighted by Gasteiger charge is -2.38. The first-order valence-electron chi connectivity index (χ1n) is 13.4. The fraction of sp³-hybridized carbons (Fsp3) is 0.679. The van der Waals surface area contributed by atoms with Crippen LogP contribution >= 0.6 is 0 Å². The van der Waals surface area contributed by atoms with E-state index in [0.29, 0.717) is 32.2 Å². The summed E-state index contributed by atoms with van der Waals surface area (Å²) in [6.45, 7) is 9.91. The van der Waals surface area contributed by atoms with E-state index in [1.54, 1.807) is 4.90 Å². The molecule has 3 aliphatic heterocycles. The molecule has 3 N–H and O–H groups in total. The third kappa shape index (κ3) is 4.32. The van der Waals surface area contributed by atoms with E-state index in [9.17, 15) is 19.5 Å². The summed E-state index contributed by atoms with van der Waals surface area (Å²) in [5.41, 5.74) is -0.886. The molecule has 0 radical (unpaired) electrons. The minimum atomic E-state index is -1.08. The van der Waals surface area contributed by atoms with Crippen molar-refractivity contribution in [2.75, 3.05) is 6.61 Å². The maximum Gasteiger partial charge on any atom is 0.246 e. The van der Waals surface area contributed by atoms with Crippen molar-refractivity contribution < 1.29 is 24.2 Å². The van der Waals surface area contributed by atoms with Crippen LogP contribution in [0.3, 0.4) is 0 Å². The minimum Gasteiger partial charge on any atom is -0.394 e. The number of likely N-dealkylation sites (tertiary alicyclic amines) is 1. The van der Waals surface area contributed by atoms with Crippen LogP contribution in [0.15, 0.2) is 30.3 Å². The lowest BCUT2D eigenvalue weighted by Crippen LogP contribution is -2.59. The van der Waals surface area contributed by atoms with Gasteiger partial charge in [-0.1, -0.05) is 51.1 Å². The van der Waals surface area contributed by atoms with E-state index < -0.39 is 35.1 Å². The molecule has 3 saturated heterocycles. The molecule has 3 fully saturated rings. The molecular formula is C28H41N3O5. The molecular weight excluding hydrogens is 458 g/mol. The standard InChI is InChI=1S/C28H41N3O5/c1-6-27-12-13-28(36-27)22(21(27)24(33)29-15-19-10-8-7-9-11-19)26(35)31(20(16-32)14-17(2)3)23(28)25(34)30-18(4)5/h7-11,17-18,20-23,32H,6,12-16H2,1-5H3,(H,29,33)(H,30,34)/t20-,21-,22+,23?,27+,28?/m1/s1. The number of carbonyl (C=O) groups is 3. The van der Waals surface area contributed by atoms with Crippen LogP contribution in [0.25, 0.3) is 0 Å². The number of nitrogens with zero attached hydrogens (tertiary/aromatic N) is 1. The van der Waals surface area contributed by atoms with Crippen LogP contribution < -0.4 is 10.6 Å². The second-order valence-electron chi connectivity index (χ2n) is 11.4. The fourth-order valence-corrected chi connectivity index (χ4v) is 6.83. The maximum atomic E-state index is 14.2. The number of hydrogen-bond donors (Lipinski definition) is 3. The molecule has 0 aromatic heterocycles. The molecule has 1 aromatic rings. The number of hydrogen-bond acceptors (Lipinski definition) is 5. The second kappa shape index (κ2) is 10.1. The SMILES string of the molecule is CC[C@@]12CCC3(O1)C(C(=O)NC(C)C)N([C@@H](CO)CC(C)C)C(=O)[C@@H]3[C@@H]2C(=O)NCc1ccccc1. The van der Waals surface area contributed by atoms with Gasteiger partial charge in [-0.15, -0.1) is 0 Å². The molecule has 0 aliphatic carbocycles. The molecule has 6 atom stereocenters. The van der Waals surface area contributed by atoms with Crippen molar-refractivity contribution in [3.8, 4) is 0 Å². The van der Waals surface area contributed by atoms with E-state index >= 15 is 0 Å². The van der Waals surface area contributed by atoms with Crippen LogP contribution in [0.5, 0.6) is 0 Å². The van der Waals surface area contributed by atoms with Crippen LogP contribution in [0.2, 0.25) is 0 Å². The number of benzene rings is 1. The topological polar surface area (TPSA) is 108 Å². The Bertz CT molecular complexity index is 983. The van der Waals surface area contributed by atoms with Gasteiger partial charge in [0.05, 0.1) is 30.1 Å². The van der Waals surface area contributed by atoms with Crippen LogP contribution in [0.4, 0.5) is 0 Å². The minimum absolute atomic E-state index is 0.119. The van der Waals surface area contributed by atoms with Gasteiger partial charge in [0.15, 0.2) is 0 Å². The molecule has 3 heterocycles. The molecule has 3 aliphatic rings. The predicted octanol–water partition coefficient (Wildman–Crippen LogP) is 2.39. The highest BCUT2D eigenvalue weighted by Crippen LogP contribution is 2.64. The average Bonchev–Trinajstić information content (AvgIpc) is 3.44. The lowest BCUT2D eigenvalue weighted by atomic mass is 9.65. The molecule has 8 nitrogen and oxygen atoms in total. The Labute approximate surface area is 214 Å². The van der Waals surface area contributed by atoms with Crippen molar-refractivity contribution >= 4 is 17.7 Å². The Morgan fingerprint density at radius 1 is 1.14 bits per heavy atom. The second-order valence-corrected chi connectivity index (χ2v) is 11.4. The Kier molecular flexibility index (Phi) is 7.49. The first-order valence-corrected chi connectivity index (χ1v) is 13.4. The Balaban J connectivity index is 1.72. The first-order chi connectivity index (χ1) is 17.1.